The first-order valence-electron chi connectivity index (χ1n) is 9.20. The van der Waals surface area contributed by atoms with Crippen molar-refractivity contribution in [3.63, 3.8) is 0 Å². The molecule has 0 fully saturated rings. The van der Waals surface area contributed by atoms with E-state index in [9.17, 15) is 9.59 Å². The number of rotatable bonds is 4. The Morgan fingerprint density at radius 3 is 2.57 bits per heavy atom. The summed E-state index contributed by atoms with van der Waals surface area (Å²) in [6.07, 6.45) is 3.24. The van der Waals surface area contributed by atoms with Crippen LogP contribution in [-0.4, -0.2) is 20.0 Å². The van der Waals surface area contributed by atoms with Crippen molar-refractivity contribution in [2.75, 3.05) is 5.32 Å². The van der Waals surface area contributed by atoms with Gasteiger partial charge in [0, 0.05) is 23.8 Å². The van der Waals surface area contributed by atoms with Crippen LogP contribution in [0.15, 0.2) is 59.8 Å². The lowest BCUT2D eigenvalue weighted by Gasteiger charge is -2.09. The Bertz CT molecular complexity index is 1320. The van der Waals surface area contributed by atoms with Crippen molar-refractivity contribution in [3.05, 3.63) is 81.0 Å². The lowest BCUT2D eigenvalue weighted by molar-refractivity contribution is -0.116. The fraction of sp³-hybridized carbons (Fsp3) is 0.136. The number of carbonyl (C=O) groups is 1. The highest BCUT2D eigenvalue weighted by molar-refractivity contribution is 6.33. The molecule has 0 saturated heterocycles. The number of aromatic nitrogens is 3. The number of amides is 1. The van der Waals surface area contributed by atoms with E-state index in [2.05, 4.69) is 10.3 Å². The Kier molecular flexibility index (Phi) is 5.37. The van der Waals surface area contributed by atoms with E-state index in [1.165, 1.54) is 10.9 Å². The van der Waals surface area contributed by atoms with Crippen LogP contribution < -0.4 is 10.9 Å². The second-order valence-corrected chi connectivity index (χ2v) is 7.91. The van der Waals surface area contributed by atoms with Gasteiger partial charge in [0.15, 0.2) is 0 Å². The monoisotopic (exact) mass is 440 g/mol. The average molecular weight is 441 g/mol. The first-order chi connectivity index (χ1) is 14.3. The molecule has 1 amide bonds. The summed E-state index contributed by atoms with van der Waals surface area (Å²) in [5.41, 5.74) is 3.91. The van der Waals surface area contributed by atoms with Gasteiger partial charge >= 0.3 is 0 Å². The third kappa shape index (κ3) is 3.84. The molecule has 0 spiro atoms. The van der Waals surface area contributed by atoms with Gasteiger partial charge in [-0.1, -0.05) is 41.4 Å². The van der Waals surface area contributed by atoms with Gasteiger partial charge in [-0.2, -0.15) is 0 Å². The van der Waals surface area contributed by atoms with Crippen molar-refractivity contribution in [1.29, 1.82) is 0 Å². The summed E-state index contributed by atoms with van der Waals surface area (Å²) in [6.45, 7) is 1.74. The summed E-state index contributed by atoms with van der Waals surface area (Å²) in [5.74, 6) is -0.365. The van der Waals surface area contributed by atoms with E-state index in [0.29, 0.717) is 26.8 Å². The number of hydrogen-bond acceptors (Lipinski definition) is 3. The van der Waals surface area contributed by atoms with Gasteiger partial charge in [-0.05, 0) is 42.3 Å². The van der Waals surface area contributed by atoms with E-state index in [1.54, 1.807) is 35.9 Å². The molecule has 0 saturated carbocycles. The molecule has 2 aromatic heterocycles. The predicted molar refractivity (Wildman–Crippen MR) is 120 cm³/mol. The van der Waals surface area contributed by atoms with Crippen molar-refractivity contribution < 1.29 is 4.79 Å². The van der Waals surface area contributed by atoms with Crippen molar-refractivity contribution >= 4 is 45.8 Å². The second kappa shape index (κ2) is 7.97. The molecule has 0 atom stereocenters. The van der Waals surface area contributed by atoms with Gasteiger partial charge in [-0.3, -0.25) is 14.2 Å². The molecule has 0 aliphatic heterocycles. The zero-order valence-electron chi connectivity index (χ0n) is 16.3. The highest BCUT2D eigenvalue weighted by atomic mass is 35.5. The van der Waals surface area contributed by atoms with Gasteiger partial charge in [-0.25, -0.2) is 4.98 Å². The van der Waals surface area contributed by atoms with Crippen LogP contribution in [0.4, 0.5) is 5.69 Å². The Morgan fingerprint density at radius 2 is 1.87 bits per heavy atom. The van der Waals surface area contributed by atoms with Crippen molar-refractivity contribution in [1.82, 2.24) is 14.1 Å². The zero-order valence-corrected chi connectivity index (χ0v) is 17.8. The van der Waals surface area contributed by atoms with E-state index in [0.717, 1.165) is 16.7 Å². The molecule has 0 aliphatic carbocycles. The summed E-state index contributed by atoms with van der Waals surface area (Å²) >= 11 is 12.1. The molecule has 2 aromatic carbocycles. The van der Waals surface area contributed by atoms with E-state index >= 15 is 0 Å². The fourth-order valence-corrected chi connectivity index (χ4v) is 3.74. The third-order valence-corrected chi connectivity index (χ3v) is 5.38. The molecule has 30 heavy (non-hydrogen) atoms. The SMILES string of the molecule is Cc1ccc(NC(=O)Cn2cnc3c(-c4ccc(Cl)cc4)cn(C)c3c2=O)c(Cl)c1. The molecule has 0 unspecified atom stereocenters. The van der Waals surface area contributed by atoms with Crippen LogP contribution in [0.2, 0.25) is 10.0 Å². The molecular weight excluding hydrogens is 423 g/mol. The molecule has 0 aliphatic rings. The van der Waals surface area contributed by atoms with E-state index in [1.807, 2.05) is 31.3 Å². The number of aryl methyl sites for hydroxylation is 2. The maximum absolute atomic E-state index is 13.0. The number of benzene rings is 2. The Morgan fingerprint density at radius 1 is 1.13 bits per heavy atom. The van der Waals surface area contributed by atoms with Crippen LogP contribution in [0, 0.1) is 6.92 Å². The number of fused-ring (bicyclic) bond motifs is 1. The van der Waals surface area contributed by atoms with Crippen LogP contribution in [0.5, 0.6) is 0 Å². The summed E-state index contributed by atoms with van der Waals surface area (Å²) < 4.78 is 3.01. The summed E-state index contributed by atoms with van der Waals surface area (Å²) in [4.78, 5) is 30.0. The van der Waals surface area contributed by atoms with Gasteiger partial charge in [0.1, 0.15) is 17.6 Å². The summed E-state index contributed by atoms with van der Waals surface area (Å²) in [6, 6.07) is 12.7. The lowest BCUT2D eigenvalue weighted by Crippen LogP contribution is -2.28. The smallest absolute Gasteiger partial charge is 0.278 e. The van der Waals surface area contributed by atoms with Crippen molar-refractivity contribution in [2.45, 2.75) is 13.5 Å². The summed E-state index contributed by atoms with van der Waals surface area (Å²) in [5, 5.41) is 3.81. The fourth-order valence-electron chi connectivity index (χ4n) is 3.33. The minimum Gasteiger partial charge on any atom is -0.344 e. The molecule has 4 aromatic rings. The zero-order chi connectivity index (χ0) is 21.4. The quantitative estimate of drug-likeness (QED) is 0.501. The van der Waals surface area contributed by atoms with Crippen LogP contribution in [0.3, 0.4) is 0 Å². The normalized spacial score (nSPS) is 11.1. The van der Waals surface area contributed by atoms with Gasteiger partial charge < -0.3 is 9.88 Å². The van der Waals surface area contributed by atoms with Gasteiger partial charge in [-0.15, -0.1) is 0 Å². The molecular formula is C22H18Cl2N4O2. The number of nitrogens with zero attached hydrogens (tertiary/aromatic N) is 3. The first kappa shape index (κ1) is 20.2. The second-order valence-electron chi connectivity index (χ2n) is 7.07. The molecule has 4 rings (SSSR count). The number of hydrogen-bond donors (Lipinski definition) is 1. The Labute approximate surface area is 182 Å². The minimum absolute atomic E-state index is 0.173. The van der Waals surface area contributed by atoms with Crippen LogP contribution in [0.1, 0.15) is 5.56 Å². The lowest BCUT2D eigenvalue weighted by atomic mass is 10.1. The molecule has 2 heterocycles. The highest BCUT2D eigenvalue weighted by Gasteiger charge is 2.16. The standard InChI is InChI=1S/C22H18Cl2N4O2/c1-13-3-8-18(17(24)9-13)26-19(29)11-28-12-25-20-16(10-27(2)21(20)22(28)30)14-4-6-15(23)7-5-14/h3-10,12H,11H2,1-2H3,(H,26,29). The third-order valence-electron chi connectivity index (χ3n) is 4.81. The molecule has 0 bridgehead atoms. The number of nitrogens with one attached hydrogen (secondary N) is 1. The van der Waals surface area contributed by atoms with E-state index in [-0.39, 0.29) is 18.0 Å². The molecule has 0 radical (unpaired) electrons. The van der Waals surface area contributed by atoms with Gasteiger partial charge in [0.25, 0.3) is 5.56 Å². The number of anilines is 1. The Balaban J connectivity index is 1.65. The highest BCUT2D eigenvalue weighted by Crippen LogP contribution is 2.28. The van der Waals surface area contributed by atoms with E-state index < -0.39 is 0 Å². The number of halogens is 2. The maximum atomic E-state index is 13.0. The van der Waals surface area contributed by atoms with Crippen molar-refractivity contribution in [2.24, 2.45) is 7.05 Å². The van der Waals surface area contributed by atoms with Crippen molar-refractivity contribution in [3.8, 4) is 11.1 Å². The molecule has 1 N–H and O–H groups in total. The van der Waals surface area contributed by atoms with Gasteiger partial charge in [0.2, 0.25) is 5.91 Å². The molecule has 6 nitrogen and oxygen atoms in total. The first-order valence-corrected chi connectivity index (χ1v) is 9.95. The largest absolute Gasteiger partial charge is 0.344 e. The maximum Gasteiger partial charge on any atom is 0.278 e. The summed E-state index contributed by atoms with van der Waals surface area (Å²) in [7, 11) is 1.78. The minimum atomic E-state index is -0.365. The average Bonchev–Trinajstić information content (AvgIpc) is 3.04. The predicted octanol–water partition coefficient (Wildman–Crippen LogP) is 4.66. The van der Waals surface area contributed by atoms with Gasteiger partial charge in [0.05, 0.1) is 17.0 Å². The topological polar surface area (TPSA) is 68.9 Å². The van der Waals surface area contributed by atoms with Crippen LogP contribution in [0.25, 0.3) is 22.2 Å². The Hall–Kier alpha value is -3.09. The molecule has 152 valence electrons. The molecule has 8 heteroatoms. The van der Waals surface area contributed by atoms with E-state index in [4.69, 9.17) is 23.2 Å². The number of carbonyl (C=O) groups excluding carboxylic acids is 1. The van der Waals surface area contributed by atoms with Crippen LogP contribution >= 0.6 is 23.2 Å². The van der Waals surface area contributed by atoms with Crippen LogP contribution in [-0.2, 0) is 18.4 Å².